The van der Waals surface area contributed by atoms with Crippen molar-refractivity contribution < 1.29 is 14.3 Å². The van der Waals surface area contributed by atoms with Crippen LogP contribution in [0.15, 0.2) is 54.7 Å². The highest BCUT2D eigenvalue weighted by molar-refractivity contribution is 6.35. The molecular formula is C20H18ClN3O3. The number of benzene rings is 2. The largest absolute Gasteiger partial charge is 0.481 e. The molecule has 2 aromatic carbocycles. The molecule has 0 spiro atoms. The predicted molar refractivity (Wildman–Crippen MR) is 105 cm³/mol. The maximum atomic E-state index is 12.2. The van der Waals surface area contributed by atoms with E-state index in [-0.39, 0.29) is 18.4 Å². The van der Waals surface area contributed by atoms with Crippen LogP contribution in [-0.4, -0.2) is 42.4 Å². The standard InChI is InChI=1S/C20H18ClN3O3/c1-24(2)20(26)13-5-3-6-14(11-13)23-18(25)12-27-17-9-8-16(21)15-7-4-10-22-19(15)17/h3-11H,12H2,1-2H3,(H,23,25). The zero-order valence-electron chi connectivity index (χ0n) is 14.9. The van der Waals surface area contributed by atoms with E-state index in [1.807, 2.05) is 6.07 Å². The molecule has 0 aliphatic carbocycles. The third-order valence-electron chi connectivity index (χ3n) is 3.84. The second-order valence-corrected chi connectivity index (χ2v) is 6.47. The van der Waals surface area contributed by atoms with E-state index in [1.54, 1.807) is 62.8 Å². The Balaban J connectivity index is 1.68. The molecular weight excluding hydrogens is 366 g/mol. The van der Waals surface area contributed by atoms with Crippen LogP contribution in [0.25, 0.3) is 10.9 Å². The van der Waals surface area contributed by atoms with Gasteiger partial charge in [0.15, 0.2) is 6.61 Å². The predicted octanol–water partition coefficient (Wildman–Crippen LogP) is 3.61. The van der Waals surface area contributed by atoms with Crippen molar-refractivity contribution in [2.75, 3.05) is 26.0 Å². The molecule has 27 heavy (non-hydrogen) atoms. The van der Waals surface area contributed by atoms with Gasteiger partial charge in [-0.3, -0.25) is 14.6 Å². The lowest BCUT2D eigenvalue weighted by molar-refractivity contribution is -0.118. The molecule has 0 saturated carbocycles. The molecule has 3 rings (SSSR count). The topological polar surface area (TPSA) is 71.5 Å². The zero-order valence-corrected chi connectivity index (χ0v) is 15.7. The Bertz CT molecular complexity index is 1000. The van der Waals surface area contributed by atoms with Crippen molar-refractivity contribution in [2.24, 2.45) is 0 Å². The second-order valence-electron chi connectivity index (χ2n) is 6.06. The van der Waals surface area contributed by atoms with Crippen LogP contribution in [0.1, 0.15) is 10.4 Å². The van der Waals surface area contributed by atoms with Gasteiger partial charge in [0.25, 0.3) is 11.8 Å². The number of carbonyl (C=O) groups is 2. The van der Waals surface area contributed by atoms with E-state index in [1.165, 1.54) is 4.90 Å². The fraction of sp³-hybridized carbons (Fsp3) is 0.150. The first-order valence-corrected chi connectivity index (χ1v) is 8.61. The summed E-state index contributed by atoms with van der Waals surface area (Å²) in [4.78, 5) is 30.0. The number of nitrogens with one attached hydrogen (secondary N) is 1. The number of ether oxygens (including phenoxy) is 1. The highest BCUT2D eigenvalue weighted by atomic mass is 35.5. The molecule has 6 nitrogen and oxygen atoms in total. The summed E-state index contributed by atoms with van der Waals surface area (Å²) in [5, 5.41) is 4.05. The molecule has 0 saturated heterocycles. The Hall–Kier alpha value is -3.12. The van der Waals surface area contributed by atoms with Crippen molar-refractivity contribution in [1.82, 2.24) is 9.88 Å². The number of carbonyl (C=O) groups excluding carboxylic acids is 2. The van der Waals surface area contributed by atoms with Crippen LogP contribution in [-0.2, 0) is 4.79 Å². The van der Waals surface area contributed by atoms with E-state index >= 15 is 0 Å². The quantitative estimate of drug-likeness (QED) is 0.730. The number of pyridine rings is 1. The van der Waals surface area contributed by atoms with Gasteiger partial charge in [0.1, 0.15) is 11.3 Å². The van der Waals surface area contributed by atoms with Gasteiger partial charge in [-0.05, 0) is 42.5 Å². The minimum atomic E-state index is -0.344. The highest BCUT2D eigenvalue weighted by Gasteiger charge is 2.11. The van der Waals surface area contributed by atoms with Crippen LogP contribution in [0.4, 0.5) is 5.69 Å². The maximum Gasteiger partial charge on any atom is 0.262 e. The van der Waals surface area contributed by atoms with Crippen LogP contribution >= 0.6 is 11.6 Å². The summed E-state index contributed by atoms with van der Waals surface area (Å²) in [6.45, 7) is -0.195. The Labute approximate surface area is 161 Å². The van der Waals surface area contributed by atoms with Crippen molar-refractivity contribution in [2.45, 2.75) is 0 Å². The molecule has 1 heterocycles. The second kappa shape index (κ2) is 8.05. The molecule has 0 fully saturated rings. The van der Waals surface area contributed by atoms with Crippen molar-refractivity contribution >= 4 is 40.0 Å². The summed E-state index contributed by atoms with van der Waals surface area (Å²) in [6.07, 6.45) is 1.64. The molecule has 1 N–H and O–H groups in total. The lowest BCUT2D eigenvalue weighted by atomic mass is 10.2. The number of fused-ring (bicyclic) bond motifs is 1. The summed E-state index contributed by atoms with van der Waals surface area (Å²) in [5.74, 6) is -0.00812. The molecule has 0 unspecified atom stereocenters. The third kappa shape index (κ3) is 4.35. The number of nitrogens with zero attached hydrogens (tertiary/aromatic N) is 2. The minimum absolute atomic E-state index is 0.138. The number of halogens is 1. The van der Waals surface area contributed by atoms with E-state index in [9.17, 15) is 9.59 Å². The first-order chi connectivity index (χ1) is 13.0. The normalized spacial score (nSPS) is 10.5. The van der Waals surface area contributed by atoms with Crippen LogP contribution in [0, 0.1) is 0 Å². The summed E-state index contributed by atoms with van der Waals surface area (Å²) >= 11 is 6.16. The summed E-state index contributed by atoms with van der Waals surface area (Å²) < 4.78 is 5.62. The number of rotatable bonds is 5. The van der Waals surface area contributed by atoms with Gasteiger partial charge >= 0.3 is 0 Å². The fourth-order valence-electron chi connectivity index (χ4n) is 2.56. The molecule has 0 bridgehead atoms. The van der Waals surface area contributed by atoms with Crippen LogP contribution in [0.2, 0.25) is 5.02 Å². The smallest absolute Gasteiger partial charge is 0.262 e. The molecule has 0 aliphatic heterocycles. The lowest BCUT2D eigenvalue weighted by Crippen LogP contribution is -2.23. The Kier molecular flexibility index (Phi) is 5.57. The van der Waals surface area contributed by atoms with E-state index in [0.717, 1.165) is 5.39 Å². The number of anilines is 1. The van der Waals surface area contributed by atoms with Gasteiger partial charge < -0.3 is 15.0 Å². The van der Waals surface area contributed by atoms with Gasteiger partial charge in [-0.25, -0.2) is 0 Å². The third-order valence-corrected chi connectivity index (χ3v) is 4.17. The SMILES string of the molecule is CN(C)C(=O)c1cccc(NC(=O)COc2ccc(Cl)c3cccnc23)c1. The summed E-state index contributed by atoms with van der Waals surface area (Å²) in [5.41, 5.74) is 1.61. The number of hydrogen-bond donors (Lipinski definition) is 1. The molecule has 138 valence electrons. The first-order valence-electron chi connectivity index (χ1n) is 8.23. The summed E-state index contributed by atoms with van der Waals surface area (Å²) in [6, 6.07) is 13.8. The molecule has 3 aromatic rings. The van der Waals surface area contributed by atoms with Gasteiger partial charge in [-0.1, -0.05) is 17.7 Å². The van der Waals surface area contributed by atoms with Crippen LogP contribution in [0.3, 0.4) is 0 Å². The molecule has 7 heteroatoms. The van der Waals surface area contributed by atoms with Gasteiger partial charge in [0, 0.05) is 36.9 Å². The van der Waals surface area contributed by atoms with E-state index in [2.05, 4.69) is 10.3 Å². The molecule has 1 aromatic heterocycles. The average molecular weight is 384 g/mol. The van der Waals surface area contributed by atoms with Crippen molar-refractivity contribution in [1.29, 1.82) is 0 Å². The Morgan fingerprint density at radius 2 is 1.96 bits per heavy atom. The molecule has 0 radical (unpaired) electrons. The van der Waals surface area contributed by atoms with Gasteiger partial charge in [-0.15, -0.1) is 0 Å². The van der Waals surface area contributed by atoms with Gasteiger partial charge in [-0.2, -0.15) is 0 Å². The Morgan fingerprint density at radius 1 is 1.15 bits per heavy atom. The van der Waals surface area contributed by atoms with Gasteiger partial charge in [0.05, 0.1) is 5.02 Å². The van der Waals surface area contributed by atoms with E-state index in [4.69, 9.17) is 16.3 Å². The van der Waals surface area contributed by atoms with Gasteiger partial charge in [0.2, 0.25) is 0 Å². The number of hydrogen-bond acceptors (Lipinski definition) is 4. The summed E-state index contributed by atoms with van der Waals surface area (Å²) in [7, 11) is 3.35. The monoisotopic (exact) mass is 383 g/mol. The molecule has 2 amide bonds. The first kappa shape index (κ1) is 18.7. The minimum Gasteiger partial charge on any atom is -0.481 e. The molecule has 0 atom stereocenters. The number of aromatic nitrogens is 1. The molecule has 0 aliphatic rings. The van der Waals surface area contributed by atoms with Crippen molar-refractivity contribution in [3.05, 3.63) is 65.3 Å². The maximum absolute atomic E-state index is 12.2. The Morgan fingerprint density at radius 3 is 2.74 bits per heavy atom. The fourth-order valence-corrected chi connectivity index (χ4v) is 2.77. The van der Waals surface area contributed by atoms with Crippen LogP contribution < -0.4 is 10.1 Å². The average Bonchev–Trinajstić information content (AvgIpc) is 2.67. The highest BCUT2D eigenvalue weighted by Crippen LogP contribution is 2.29. The van der Waals surface area contributed by atoms with Crippen molar-refractivity contribution in [3.63, 3.8) is 0 Å². The lowest BCUT2D eigenvalue weighted by Gasteiger charge is -2.12. The zero-order chi connectivity index (χ0) is 19.4. The van der Waals surface area contributed by atoms with Crippen LogP contribution in [0.5, 0.6) is 5.75 Å². The van der Waals surface area contributed by atoms with E-state index in [0.29, 0.717) is 27.5 Å². The number of amides is 2. The van der Waals surface area contributed by atoms with E-state index < -0.39 is 0 Å². The van der Waals surface area contributed by atoms with Crippen molar-refractivity contribution in [3.8, 4) is 5.75 Å².